The first-order valence-electron chi connectivity index (χ1n) is 9.20. The van der Waals surface area contributed by atoms with Crippen LogP contribution in [-0.4, -0.2) is 39.2 Å². The fraction of sp³-hybridized carbons (Fsp3) is 0.579. The first-order valence-corrected chi connectivity index (χ1v) is 9.20. The average Bonchev–Trinajstić information content (AvgIpc) is 3.35. The van der Waals surface area contributed by atoms with Gasteiger partial charge in [0, 0.05) is 17.4 Å². The predicted molar refractivity (Wildman–Crippen MR) is 98.5 cm³/mol. The van der Waals surface area contributed by atoms with Crippen molar-refractivity contribution < 1.29 is 4.74 Å². The molecule has 1 saturated heterocycles. The van der Waals surface area contributed by atoms with E-state index in [0.717, 1.165) is 24.2 Å². The summed E-state index contributed by atoms with van der Waals surface area (Å²) in [5.74, 6) is 1.19. The van der Waals surface area contributed by atoms with Crippen molar-refractivity contribution >= 4 is 5.82 Å². The Kier molecular flexibility index (Phi) is 4.26. The third-order valence-corrected chi connectivity index (χ3v) is 4.97. The standard InChI is InChI=1S/C19H25N5O2/c1-19(2,3)16-7-8-17(22-21-16)20-14-10-26-11-15(14)24-18(25)9-6-13(23-24)12-4-5-12/h6-9,12,14-15H,4-5,10-11H2,1-3H3,(H,20,22). The van der Waals surface area contributed by atoms with E-state index < -0.39 is 0 Å². The zero-order valence-electron chi connectivity index (χ0n) is 15.5. The summed E-state index contributed by atoms with van der Waals surface area (Å²) < 4.78 is 7.21. The maximum absolute atomic E-state index is 12.3. The molecule has 4 rings (SSSR count). The van der Waals surface area contributed by atoms with E-state index in [-0.39, 0.29) is 23.1 Å². The van der Waals surface area contributed by atoms with E-state index in [4.69, 9.17) is 4.74 Å². The molecule has 1 aliphatic heterocycles. The molecule has 26 heavy (non-hydrogen) atoms. The summed E-state index contributed by atoms with van der Waals surface area (Å²) in [4.78, 5) is 12.3. The zero-order valence-corrected chi connectivity index (χ0v) is 15.5. The number of aromatic nitrogens is 4. The van der Waals surface area contributed by atoms with Gasteiger partial charge in [0.1, 0.15) is 11.9 Å². The van der Waals surface area contributed by atoms with E-state index >= 15 is 0 Å². The SMILES string of the molecule is CC(C)(C)c1ccc(NC2COCC2n2nc(C3CC3)ccc2=O)nn1. The van der Waals surface area contributed by atoms with Crippen molar-refractivity contribution in [1.82, 2.24) is 20.0 Å². The second kappa shape index (κ2) is 6.46. The Morgan fingerprint density at radius 2 is 1.92 bits per heavy atom. The summed E-state index contributed by atoms with van der Waals surface area (Å²) in [6.07, 6.45) is 2.31. The summed E-state index contributed by atoms with van der Waals surface area (Å²) in [6.45, 7) is 7.29. The lowest BCUT2D eigenvalue weighted by Gasteiger charge is -2.22. The van der Waals surface area contributed by atoms with Gasteiger partial charge in [0.25, 0.3) is 5.56 Å². The first-order chi connectivity index (χ1) is 12.4. The third-order valence-electron chi connectivity index (χ3n) is 4.97. The lowest BCUT2D eigenvalue weighted by molar-refractivity contribution is 0.182. The lowest BCUT2D eigenvalue weighted by atomic mass is 9.92. The van der Waals surface area contributed by atoms with Crippen LogP contribution in [-0.2, 0) is 10.2 Å². The smallest absolute Gasteiger partial charge is 0.267 e. The molecule has 2 atom stereocenters. The molecule has 0 aromatic carbocycles. The van der Waals surface area contributed by atoms with Crippen LogP contribution in [0, 0.1) is 0 Å². The molecule has 2 aromatic rings. The fourth-order valence-electron chi connectivity index (χ4n) is 3.20. The minimum Gasteiger partial charge on any atom is -0.377 e. The maximum Gasteiger partial charge on any atom is 0.267 e. The van der Waals surface area contributed by atoms with E-state index in [1.165, 1.54) is 0 Å². The molecule has 2 unspecified atom stereocenters. The highest BCUT2D eigenvalue weighted by Crippen LogP contribution is 2.38. The maximum atomic E-state index is 12.3. The van der Waals surface area contributed by atoms with Gasteiger partial charge >= 0.3 is 0 Å². The second-order valence-electron chi connectivity index (χ2n) is 8.22. The summed E-state index contributed by atoms with van der Waals surface area (Å²) in [5.41, 5.74) is 1.82. The molecule has 1 N–H and O–H groups in total. The van der Waals surface area contributed by atoms with Crippen LogP contribution in [0.15, 0.2) is 29.1 Å². The van der Waals surface area contributed by atoms with Gasteiger partial charge in [-0.15, -0.1) is 5.10 Å². The molecular weight excluding hydrogens is 330 g/mol. The van der Waals surface area contributed by atoms with Gasteiger partial charge in [-0.05, 0) is 31.0 Å². The van der Waals surface area contributed by atoms with Gasteiger partial charge in [-0.2, -0.15) is 10.2 Å². The molecule has 3 heterocycles. The topological polar surface area (TPSA) is 81.9 Å². The van der Waals surface area contributed by atoms with Crippen LogP contribution in [0.25, 0.3) is 0 Å². The molecule has 7 nitrogen and oxygen atoms in total. The number of nitrogens with one attached hydrogen (secondary N) is 1. The number of rotatable bonds is 4. The van der Waals surface area contributed by atoms with Gasteiger partial charge in [-0.25, -0.2) is 4.68 Å². The summed E-state index contributed by atoms with van der Waals surface area (Å²) in [6, 6.07) is 7.17. The van der Waals surface area contributed by atoms with Crippen LogP contribution in [0.4, 0.5) is 5.82 Å². The number of nitrogens with zero attached hydrogens (tertiary/aromatic N) is 4. The van der Waals surface area contributed by atoms with Gasteiger partial charge in [0.15, 0.2) is 0 Å². The van der Waals surface area contributed by atoms with E-state index in [1.807, 2.05) is 18.2 Å². The van der Waals surface area contributed by atoms with E-state index in [0.29, 0.717) is 24.9 Å². The molecule has 0 spiro atoms. The minimum absolute atomic E-state index is 0.0367. The quantitative estimate of drug-likeness (QED) is 0.906. The zero-order chi connectivity index (χ0) is 18.3. The van der Waals surface area contributed by atoms with Crippen molar-refractivity contribution in [3.05, 3.63) is 46.0 Å². The molecule has 2 aromatic heterocycles. The molecule has 1 aliphatic carbocycles. The summed E-state index contributed by atoms with van der Waals surface area (Å²) >= 11 is 0. The van der Waals surface area contributed by atoms with Crippen LogP contribution < -0.4 is 10.9 Å². The van der Waals surface area contributed by atoms with Crippen LogP contribution in [0.5, 0.6) is 0 Å². The van der Waals surface area contributed by atoms with Gasteiger partial charge in [-0.3, -0.25) is 4.79 Å². The van der Waals surface area contributed by atoms with Crippen molar-refractivity contribution in [3.8, 4) is 0 Å². The minimum atomic E-state index is -0.148. The third kappa shape index (κ3) is 3.49. The highest BCUT2D eigenvalue weighted by molar-refractivity contribution is 5.36. The van der Waals surface area contributed by atoms with E-state index in [2.05, 4.69) is 41.4 Å². The predicted octanol–water partition coefficient (Wildman–Crippen LogP) is 2.26. The summed E-state index contributed by atoms with van der Waals surface area (Å²) in [7, 11) is 0. The number of hydrogen-bond acceptors (Lipinski definition) is 6. The molecule has 0 radical (unpaired) electrons. The Bertz CT molecular complexity index is 836. The monoisotopic (exact) mass is 355 g/mol. The molecule has 7 heteroatoms. The van der Waals surface area contributed by atoms with Crippen LogP contribution in [0.1, 0.15) is 57.0 Å². The molecule has 0 amide bonds. The van der Waals surface area contributed by atoms with E-state index in [9.17, 15) is 4.79 Å². The van der Waals surface area contributed by atoms with Gasteiger partial charge in [0.2, 0.25) is 0 Å². The van der Waals surface area contributed by atoms with E-state index in [1.54, 1.807) is 10.7 Å². The molecular formula is C19H25N5O2. The Balaban J connectivity index is 1.54. The van der Waals surface area contributed by atoms with Crippen molar-refractivity contribution in [2.75, 3.05) is 18.5 Å². The molecule has 2 fully saturated rings. The first kappa shape index (κ1) is 17.1. The van der Waals surface area contributed by atoms with Crippen LogP contribution in [0.2, 0.25) is 0 Å². The Labute approximate surface area is 152 Å². The fourth-order valence-corrected chi connectivity index (χ4v) is 3.20. The highest BCUT2D eigenvalue weighted by atomic mass is 16.5. The van der Waals surface area contributed by atoms with Gasteiger partial charge in [0.05, 0.1) is 30.6 Å². The largest absolute Gasteiger partial charge is 0.377 e. The molecule has 1 saturated carbocycles. The van der Waals surface area contributed by atoms with Crippen LogP contribution in [0.3, 0.4) is 0 Å². The molecule has 138 valence electrons. The molecule has 2 aliphatic rings. The van der Waals surface area contributed by atoms with Crippen molar-refractivity contribution in [3.63, 3.8) is 0 Å². The second-order valence-corrected chi connectivity index (χ2v) is 8.22. The highest BCUT2D eigenvalue weighted by Gasteiger charge is 2.33. The Morgan fingerprint density at radius 3 is 2.58 bits per heavy atom. The molecule has 0 bridgehead atoms. The van der Waals surface area contributed by atoms with Crippen molar-refractivity contribution in [2.45, 2.75) is 57.0 Å². The normalized spacial score (nSPS) is 23.2. The Morgan fingerprint density at radius 1 is 1.12 bits per heavy atom. The Hall–Kier alpha value is -2.28. The van der Waals surface area contributed by atoms with Gasteiger partial charge in [-0.1, -0.05) is 20.8 Å². The average molecular weight is 355 g/mol. The van der Waals surface area contributed by atoms with Crippen LogP contribution >= 0.6 is 0 Å². The van der Waals surface area contributed by atoms with Crippen molar-refractivity contribution in [2.24, 2.45) is 0 Å². The number of hydrogen-bond donors (Lipinski definition) is 1. The van der Waals surface area contributed by atoms with Gasteiger partial charge < -0.3 is 10.1 Å². The number of ether oxygens (including phenoxy) is 1. The van der Waals surface area contributed by atoms with Crippen molar-refractivity contribution in [1.29, 1.82) is 0 Å². The number of anilines is 1. The summed E-state index contributed by atoms with van der Waals surface area (Å²) in [5, 5.41) is 16.6. The lowest BCUT2D eigenvalue weighted by Crippen LogP contribution is -2.37.